The van der Waals surface area contributed by atoms with Crippen LogP contribution in [0.15, 0.2) is 0 Å². The van der Waals surface area contributed by atoms with Gasteiger partial charge in [0.05, 0.1) is 6.10 Å². The van der Waals surface area contributed by atoms with E-state index < -0.39 is 0 Å². The van der Waals surface area contributed by atoms with Gasteiger partial charge >= 0.3 is 0 Å². The third-order valence-corrected chi connectivity index (χ3v) is 4.74. The Bertz CT molecular complexity index is 205. The summed E-state index contributed by atoms with van der Waals surface area (Å²) in [6.07, 6.45) is 2.31. The van der Waals surface area contributed by atoms with Crippen molar-refractivity contribution in [1.82, 2.24) is 0 Å². The Balaban J connectivity index is 2.27. The standard InChI is InChI=1S/C11H20O/c1-10(2)7-5-8(10)11(3,4)9(12)6-7/h7-9,12H,5-6H2,1-4H3/t7-,8-,9?/m1/s1. The Morgan fingerprint density at radius 1 is 1.00 bits per heavy atom. The highest BCUT2D eigenvalue weighted by Crippen LogP contribution is 2.65. The Hall–Kier alpha value is -0.0400. The SMILES string of the molecule is CC1(C)C(O)C[C@H]2C[C@@H]1C2(C)C. The monoisotopic (exact) mass is 168 g/mol. The molecule has 1 nitrogen and oxygen atoms in total. The second-order valence-corrected chi connectivity index (χ2v) is 5.88. The molecule has 3 aliphatic rings. The lowest BCUT2D eigenvalue weighted by atomic mass is 9.41. The zero-order valence-electron chi connectivity index (χ0n) is 8.59. The lowest BCUT2D eigenvalue weighted by molar-refractivity contribution is -0.200. The highest BCUT2D eigenvalue weighted by molar-refractivity contribution is 5.09. The quantitative estimate of drug-likeness (QED) is 0.589. The normalized spacial score (nSPS) is 48.2. The molecular formula is C11H20O. The van der Waals surface area contributed by atoms with Crippen molar-refractivity contribution in [2.45, 2.75) is 46.6 Å². The molecular weight excluding hydrogens is 148 g/mol. The van der Waals surface area contributed by atoms with Crippen LogP contribution in [-0.2, 0) is 0 Å². The first-order valence-electron chi connectivity index (χ1n) is 5.05. The number of hydrogen-bond acceptors (Lipinski definition) is 1. The Kier molecular flexibility index (Phi) is 1.47. The van der Waals surface area contributed by atoms with E-state index >= 15 is 0 Å². The molecule has 0 aromatic rings. The summed E-state index contributed by atoms with van der Waals surface area (Å²) in [6.45, 7) is 9.16. The van der Waals surface area contributed by atoms with E-state index in [1.165, 1.54) is 6.42 Å². The van der Waals surface area contributed by atoms with E-state index in [1.807, 2.05) is 0 Å². The van der Waals surface area contributed by atoms with E-state index in [0.717, 1.165) is 18.3 Å². The maximum Gasteiger partial charge on any atom is 0.0596 e. The highest BCUT2D eigenvalue weighted by Gasteiger charge is 2.60. The van der Waals surface area contributed by atoms with Crippen molar-refractivity contribution in [2.75, 3.05) is 0 Å². The van der Waals surface area contributed by atoms with E-state index in [-0.39, 0.29) is 11.5 Å². The molecule has 0 spiro atoms. The molecule has 3 atom stereocenters. The van der Waals surface area contributed by atoms with Crippen LogP contribution in [0.3, 0.4) is 0 Å². The molecule has 0 radical (unpaired) electrons. The number of aliphatic hydroxyl groups excluding tert-OH is 1. The molecule has 0 aliphatic heterocycles. The van der Waals surface area contributed by atoms with Crippen LogP contribution in [0.5, 0.6) is 0 Å². The minimum Gasteiger partial charge on any atom is -0.393 e. The van der Waals surface area contributed by atoms with Crippen LogP contribution in [-0.4, -0.2) is 11.2 Å². The van der Waals surface area contributed by atoms with Crippen LogP contribution < -0.4 is 0 Å². The summed E-state index contributed by atoms with van der Waals surface area (Å²) in [5.74, 6) is 1.52. The average molecular weight is 168 g/mol. The fourth-order valence-corrected chi connectivity index (χ4v) is 3.48. The molecule has 1 heteroatoms. The minimum atomic E-state index is -0.0609. The Labute approximate surface area is 75.2 Å². The predicted molar refractivity (Wildman–Crippen MR) is 49.8 cm³/mol. The second-order valence-electron chi connectivity index (χ2n) is 5.88. The number of fused-ring (bicyclic) bond motifs is 2. The summed E-state index contributed by atoms with van der Waals surface area (Å²) in [5.41, 5.74) is 0.640. The summed E-state index contributed by atoms with van der Waals surface area (Å²) < 4.78 is 0. The maximum absolute atomic E-state index is 9.87. The summed E-state index contributed by atoms with van der Waals surface area (Å²) in [4.78, 5) is 0. The van der Waals surface area contributed by atoms with Gasteiger partial charge in [0.2, 0.25) is 0 Å². The van der Waals surface area contributed by atoms with Crippen molar-refractivity contribution in [2.24, 2.45) is 22.7 Å². The van der Waals surface area contributed by atoms with Crippen LogP contribution in [0, 0.1) is 22.7 Å². The Morgan fingerprint density at radius 2 is 1.58 bits per heavy atom. The van der Waals surface area contributed by atoms with Gasteiger partial charge in [-0.25, -0.2) is 0 Å². The van der Waals surface area contributed by atoms with Gasteiger partial charge in [0.15, 0.2) is 0 Å². The van der Waals surface area contributed by atoms with Crippen LogP contribution in [0.1, 0.15) is 40.5 Å². The topological polar surface area (TPSA) is 20.2 Å². The molecule has 3 fully saturated rings. The van der Waals surface area contributed by atoms with E-state index in [1.54, 1.807) is 0 Å². The zero-order valence-corrected chi connectivity index (χ0v) is 8.59. The lowest BCUT2D eigenvalue weighted by Crippen LogP contribution is -2.61. The molecule has 12 heavy (non-hydrogen) atoms. The second kappa shape index (κ2) is 2.06. The molecule has 0 aromatic heterocycles. The molecule has 3 rings (SSSR count). The minimum absolute atomic E-state index is 0.0609. The number of aliphatic hydroxyl groups is 1. The van der Waals surface area contributed by atoms with Gasteiger partial charge in [-0.1, -0.05) is 27.7 Å². The first-order chi connectivity index (χ1) is 5.37. The first kappa shape index (κ1) is 8.55. The first-order valence-corrected chi connectivity index (χ1v) is 5.05. The van der Waals surface area contributed by atoms with Gasteiger partial charge in [0.25, 0.3) is 0 Å². The zero-order chi connectivity index (χ0) is 9.15. The molecule has 0 saturated heterocycles. The van der Waals surface area contributed by atoms with Gasteiger partial charge in [-0.2, -0.15) is 0 Å². The number of rotatable bonds is 0. The number of hydrogen-bond donors (Lipinski definition) is 1. The average Bonchev–Trinajstić information content (AvgIpc) is 1.93. The molecule has 70 valence electrons. The van der Waals surface area contributed by atoms with Crippen molar-refractivity contribution in [3.8, 4) is 0 Å². The van der Waals surface area contributed by atoms with Crippen molar-refractivity contribution in [3.05, 3.63) is 0 Å². The summed E-state index contributed by atoms with van der Waals surface area (Å²) in [5, 5.41) is 9.87. The summed E-state index contributed by atoms with van der Waals surface area (Å²) in [6, 6.07) is 0. The van der Waals surface area contributed by atoms with Gasteiger partial charge in [-0.3, -0.25) is 0 Å². The highest BCUT2D eigenvalue weighted by atomic mass is 16.3. The van der Waals surface area contributed by atoms with Gasteiger partial charge < -0.3 is 5.11 Å². The van der Waals surface area contributed by atoms with E-state index in [2.05, 4.69) is 27.7 Å². The Morgan fingerprint density at radius 3 is 1.92 bits per heavy atom. The van der Waals surface area contributed by atoms with E-state index in [9.17, 15) is 5.11 Å². The molecule has 3 aliphatic carbocycles. The molecule has 0 amide bonds. The fourth-order valence-electron chi connectivity index (χ4n) is 3.48. The smallest absolute Gasteiger partial charge is 0.0596 e. The van der Waals surface area contributed by atoms with Crippen LogP contribution in [0.25, 0.3) is 0 Å². The largest absolute Gasteiger partial charge is 0.393 e. The molecule has 1 N–H and O–H groups in total. The third kappa shape index (κ3) is 0.783. The summed E-state index contributed by atoms with van der Waals surface area (Å²) >= 11 is 0. The van der Waals surface area contributed by atoms with Crippen LogP contribution >= 0.6 is 0 Å². The van der Waals surface area contributed by atoms with E-state index in [4.69, 9.17) is 0 Å². The van der Waals surface area contributed by atoms with Gasteiger partial charge in [0, 0.05) is 0 Å². The molecule has 2 bridgehead atoms. The van der Waals surface area contributed by atoms with Gasteiger partial charge in [-0.05, 0) is 35.5 Å². The lowest BCUT2D eigenvalue weighted by Gasteiger charge is -2.65. The van der Waals surface area contributed by atoms with Crippen LogP contribution in [0.2, 0.25) is 0 Å². The fraction of sp³-hybridized carbons (Fsp3) is 1.00. The summed E-state index contributed by atoms with van der Waals surface area (Å²) in [7, 11) is 0. The van der Waals surface area contributed by atoms with Crippen molar-refractivity contribution in [1.29, 1.82) is 0 Å². The van der Waals surface area contributed by atoms with Crippen molar-refractivity contribution >= 4 is 0 Å². The van der Waals surface area contributed by atoms with Crippen molar-refractivity contribution in [3.63, 3.8) is 0 Å². The molecule has 0 heterocycles. The molecule has 0 aromatic carbocycles. The molecule has 1 unspecified atom stereocenters. The van der Waals surface area contributed by atoms with Crippen LogP contribution in [0.4, 0.5) is 0 Å². The third-order valence-electron chi connectivity index (χ3n) is 4.74. The van der Waals surface area contributed by atoms with Gasteiger partial charge in [-0.15, -0.1) is 0 Å². The molecule has 3 saturated carbocycles. The predicted octanol–water partition coefficient (Wildman–Crippen LogP) is 2.44. The maximum atomic E-state index is 9.87. The van der Waals surface area contributed by atoms with Gasteiger partial charge in [0.1, 0.15) is 0 Å². The van der Waals surface area contributed by atoms with Crippen molar-refractivity contribution < 1.29 is 5.11 Å². The van der Waals surface area contributed by atoms with E-state index in [0.29, 0.717) is 5.41 Å².